The van der Waals surface area contributed by atoms with E-state index in [1.54, 1.807) is 12.3 Å². The highest BCUT2D eigenvalue weighted by molar-refractivity contribution is 5.92. The smallest absolute Gasteiger partial charge is 0.178 e. The van der Waals surface area contributed by atoms with Crippen LogP contribution in [0.15, 0.2) is 18.3 Å². The molecule has 0 aliphatic rings. The molecule has 1 atom stereocenters. The number of pyridine rings is 1. The van der Waals surface area contributed by atoms with Gasteiger partial charge in [-0.05, 0) is 19.1 Å². The number of nitriles is 1. The molecule has 16 heavy (non-hydrogen) atoms. The standard InChI is InChI=1S/C12H15N3O/c1-9(6-7-13)15(3)11-4-5-12(10(2)16)14-8-11/h4-5,8-9H,6H2,1-3H3. The van der Waals surface area contributed by atoms with Crippen LogP contribution in [0.25, 0.3) is 0 Å². The Kier molecular flexibility index (Phi) is 4.01. The summed E-state index contributed by atoms with van der Waals surface area (Å²) in [5.74, 6) is -0.0423. The second kappa shape index (κ2) is 5.26. The largest absolute Gasteiger partial charge is 0.370 e. The molecule has 0 radical (unpaired) electrons. The van der Waals surface area contributed by atoms with Gasteiger partial charge in [-0.1, -0.05) is 0 Å². The summed E-state index contributed by atoms with van der Waals surface area (Å²) in [6, 6.07) is 5.81. The molecule has 4 heteroatoms. The van der Waals surface area contributed by atoms with Crippen LogP contribution in [0.2, 0.25) is 0 Å². The Balaban J connectivity index is 2.82. The van der Waals surface area contributed by atoms with E-state index in [0.717, 1.165) is 5.69 Å². The summed E-state index contributed by atoms with van der Waals surface area (Å²) < 4.78 is 0. The molecule has 1 heterocycles. The molecule has 0 N–H and O–H groups in total. The SMILES string of the molecule is CC(=O)c1ccc(N(C)C(C)CC#N)cn1. The van der Waals surface area contributed by atoms with E-state index in [9.17, 15) is 4.79 Å². The number of Topliss-reactive ketones (excluding diaryl/α,β-unsaturated/α-hetero) is 1. The summed E-state index contributed by atoms with van der Waals surface area (Å²) in [5, 5.41) is 8.61. The molecule has 0 aromatic carbocycles. The third-order valence-electron chi connectivity index (χ3n) is 2.56. The van der Waals surface area contributed by atoms with Crippen molar-refractivity contribution >= 4 is 11.5 Å². The molecule has 1 aromatic rings. The lowest BCUT2D eigenvalue weighted by molar-refractivity contribution is 0.101. The van der Waals surface area contributed by atoms with Crippen LogP contribution in [0, 0.1) is 11.3 Å². The van der Waals surface area contributed by atoms with E-state index in [0.29, 0.717) is 12.1 Å². The molecule has 0 saturated carbocycles. The lowest BCUT2D eigenvalue weighted by atomic mass is 10.2. The van der Waals surface area contributed by atoms with E-state index < -0.39 is 0 Å². The molecule has 4 nitrogen and oxygen atoms in total. The number of carbonyl (C=O) groups is 1. The Morgan fingerprint density at radius 1 is 1.62 bits per heavy atom. The minimum Gasteiger partial charge on any atom is -0.370 e. The van der Waals surface area contributed by atoms with Crippen LogP contribution in [0.3, 0.4) is 0 Å². The third kappa shape index (κ3) is 2.80. The zero-order valence-electron chi connectivity index (χ0n) is 9.77. The zero-order valence-corrected chi connectivity index (χ0v) is 9.77. The van der Waals surface area contributed by atoms with Gasteiger partial charge in [-0.3, -0.25) is 9.78 Å². The average Bonchev–Trinajstić information content (AvgIpc) is 2.28. The molecule has 1 unspecified atom stereocenters. The van der Waals surface area contributed by atoms with Gasteiger partial charge in [0.1, 0.15) is 5.69 Å². The number of carbonyl (C=O) groups excluding carboxylic acids is 1. The summed E-state index contributed by atoms with van der Waals surface area (Å²) in [6.45, 7) is 3.46. The number of hydrogen-bond donors (Lipinski definition) is 0. The van der Waals surface area contributed by atoms with Crippen LogP contribution in [0.1, 0.15) is 30.8 Å². The van der Waals surface area contributed by atoms with Gasteiger partial charge in [0.05, 0.1) is 24.4 Å². The van der Waals surface area contributed by atoms with Crippen LogP contribution < -0.4 is 4.90 Å². The van der Waals surface area contributed by atoms with E-state index in [-0.39, 0.29) is 11.8 Å². The van der Waals surface area contributed by atoms with E-state index in [2.05, 4.69) is 11.1 Å². The van der Waals surface area contributed by atoms with Crippen molar-refractivity contribution in [2.24, 2.45) is 0 Å². The fraction of sp³-hybridized carbons (Fsp3) is 0.417. The van der Waals surface area contributed by atoms with Crippen LogP contribution in [0.4, 0.5) is 5.69 Å². The van der Waals surface area contributed by atoms with Gasteiger partial charge in [-0.15, -0.1) is 0 Å². The molecule has 1 aromatic heterocycles. The van der Waals surface area contributed by atoms with Crippen LogP contribution >= 0.6 is 0 Å². The van der Waals surface area contributed by atoms with Gasteiger partial charge < -0.3 is 4.90 Å². The van der Waals surface area contributed by atoms with Crippen molar-refractivity contribution in [2.75, 3.05) is 11.9 Å². The summed E-state index contributed by atoms with van der Waals surface area (Å²) in [7, 11) is 1.91. The monoisotopic (exact) mass is 217 g/mol. The molecular weight excluding hydrogens is 202 g/mol. The third-order valence-corrected chi connectivity index (χ3v) is 2.56. The maximum Gasteiger partial charge on any atom is 0.178 e. The molecule has 0 bridgehead atoms. The topological polar surface area (TPSA) is 57.0 Å². The van der Waals surface area contributed by atoms with E-state index in [4.69, 9.17) is 5.26 Å². The zero-order chi connectivity index (χ0) is 12.1. The normalized spacial score (nSPS) is 11.6. The highest BCUT2D eigenvalue weighted by Crippen LogP contribution is 2.15. The maximum atomic E-state index is 11.0. The summed E-state index contributed by atoms with van der Waals surface area (Å²) in [5.41, 5.74) is 1.37. The molecule has 0 fully saturated rings. The second-order valence-corrected chi connectivity index (χ2v) is 3.78. The summed E-state index contributed by atoms with van der Waals surface area (Å²) in [4.78, 5) is 17.1. The molecule has 0 aliphatic heterocycles. The van der Waals surface area contributed by atoms with Gasteiger partial charge in [0.15, 0.2) is 5.78 Å². The number of aromatic nitrogens is 1. The van der Waals surface area contributed by atoms with E-state index in [1.165, 1.54) is 6.92 Å². The molecule has 0 aliphatic carbocycles. The van der Waals surface area contributed by atoms with Crippen molar-refractivity contribution in [3.63, 3.8) is 0 Å². The fourth-order valence-corrected chi connectivity index (χ4v) is 1.33. The van der Waals surface area contributed by atoms with Gasteiger partial charge in [-0.25, -0.2) is 0 Å². The minimum absolute atomic E-state index is 0.0423. The molecular formula is C12H15N3O. The first-order chi connectivity index (χ1) is 7.56. The number of rotatable bonds is 4. The number of nitrogens with zero attached hydrogens (tertiary/aromatic N) is 3. The summed E-state index contributed by atoms with van der Waals surface area (Å²) in [6.07, 6.45) is 2.12. The van der Waals surface area contributed by atoms with Gasteiger partial charge in [0.2, 0.25) is 0 Å². The fourth-order valence-electron chi connectivity index (χ4n) is 1.33. The predicted octanol–water partition coefficient (Wildman–Crippen LogP) is 2.02. The number of anilines is 1. The van der Waals surface area contributed by atoms with Crippen molar-refractivity contribution in [3.8, 4) is 6.07 Å². The Bertz CT molecular complexity index is 405. The molecule has 0 saturated heterocycles. The van der Waals surface area contributed by atoms with Crippen LogP contribution in [-0.4, -0.2) is 23.9 Å². The molecule has 0 spiro atoms. The molecule has 0 amide bonds. The Morgan fingerprint density at radius 2 is 2.31 bits per heavy atom. The quantitative estimate of drug-likeness (QED) is 0.724. The first kappa shape index (κ1) is 12.2. The number of hydrogen-bond acceptors (Lipinski definition) is 4. The second-order valence-electron chi connectivity index (χ2n) is 3.78. The van der Waals surface area contributed by atoms with E-state index >= 15 is 0 Å². The first-order valence-corrected chi connectivity index (χ1v) is 5.13. The molecule has 1 rings (SSSR count). The van der Waals surface area contributed by atoms with Gasteiger partial charge in [-0.2, -0.15) is 5.26 Å². The average molecular weight is 217 g/mol. The van der Waals surface area contributed by atoms with Crippen molar-refractivity contribution in [1.82, 2.24) is 4.98 Å². The molecule has 84 valence electrons. The Labute approximate surface area is 95.5 Å². The van der Waals surface area contributed by atoms with Crippen molar-refractivity contribution < 1.29 is 4.79 Å². The van der Waals surface area contributed by atoms with E-state index in [1.807, 2.05) is 24.9 Å². The van der Waals surface area contributed by atoms with Gasteiger partial charge in [0.25, 0.3) is 0 Å². The highest BCUT2D eigenvalue weighted by Gasteiger charge is 2.10. The number of ketones is 1. The van der Waals surface area contributed by atoms with Crippen molar-refractivity contribution in [3.05, 3.63) is 24.0 Å². The highest BCUT2D eigenvalue weighted by atomic mass is 16.1. The Hall–Kier alpha value is -1.89. The Morgan fingerprint density at radius 3 is 2.75 bits per heavy atom. The predicted molar refractivity (Wildman–Crippen MR) is 62.3 cm³/mol. The maximum absolute atomic E-state index is 11.0. The van der Waals surface area contributed by atoms with Gasteiger partial charge in [0, 0.05) is 20.0 Å². The minimum atomic E-state index is -0.0423. The van der Waals surface area contributed by atoms with Gasteiger partial charge >= 0.3 is 0 Å². The summed E-state index contributed by atoms with van der Waals surface area (Å²) >= 11 is 0. The van der Waals surface area contributed by atoms with Crippen molar-refractivity contribution in [1.29, 1.82) is 5.26 Å². The van der Waals surface area contributed by atoms with Crippen LogP contribution in [-0.2, 0) is 0 Å². The van der Waals surface area contributed by atoms with Crippen molar-refractivity contribution in [2.45, 2.75) is 26.3 Å². The first-order valence-electron chi connectivity index (χ1n) is 5.13. The van der Waals surface area contributed by atoms with Crippen LogP contribution in [0.5, 0.6) is 0 Å². The lowest BCUT2D eigenvalue weighted by Crippen LogP contribution is -2.28. The lowest BCUT2D eigenvalue weighted by Gasteiger charge is -2.24.